The first-order chi connectivity index (χ1) is 11.6. The van der Waals surface area contributed by atoms with E-state index in [0.29, 0.717) is 28.0 Å². The number of hydrogen-bond donors (Lipinski definition) is 1. The molecule has 0 saturated heterocycles. The summed E-state index contributed by atoms with van der Waals surface area (Å²) in [7, 11) is 3.07. The highest BCUT2D eigenvalue weighted by molar-refractivity contribution is 5.84. The van der Waals surface area contributed by atoms with E-state index in [1.807, 2.05) is 0 Å². The van der Waals surface area contributed by atoms with E-state index >= 15 is 0 Å². The van der Waals surface area contributed by atoms with Crippen LogP contribution in [0.5, 0.6) is 11.5 Å². The number of nitrogens with one attached hydrogen (secondary N) is 1. The van der Waals surface area contributed by atoms with Gasteiger partial charge in [-0.05, 0) is 24.3 Å². The molecule has 0 aliphatic rings. The van der Waals surface area contributed by atoms with E-state index in [0.717, 1.165) is 4.68 Å². The maximum Gasteiger partial charge on any atom is 0.349 e. The molecule has 0 amide bonds. The zero-order valence-corrected chi connectivity index (χ0v) is 13.1. The summed E-state index contributed by atoms with van der Waals surface area (Å²) < 4.78 is 11.2. The average Bonchev–Trinajstić information content (AvgIpc) is 2.61. The second kappa shape index (κ2) is 6.41. The number of hydrogen-bond acceptors (Lipinski definition) is 5. The van der Waals surface area contributed by atoms with Gasteiger partial charge in [-0.3, -0.25) is 4.79 Å². The number of methoxy groups -OCH3 is 2. The number of ether oxygens (including phenoxy) is 2. The lowest BCUT2D eigenvalue weighted by atomic mass is 10.2. The molecule has 0 aliphatic carbocycles. The third kappa shape index (κ3) is 2.79. The lowest BCUT2D eigenvalue weighted by Crippen LogP contribution is -2.32. The molecule has 0 unspecified atom stereocenters. The van der Waals surface area contributed by atoms with E-state index in [1.165, 1.54) is 13.3 Å². The van der Waals surface area contributed by atoms with Crippen molar-refractivity contribution in [1.82, 2.24) is 9.66 Å². The Labute approximate surface area is 136 Å². The fraction of sp³-hybridized carbons (Fsp3) is 0.118. The Morgan fingerprint density at radius 2 is 1.88 bits per heavy atom. The van der Waals surface area contributed by atoms with Gasteiger partial charge in [0.05, 0.1) is 31.3 Å². The molecule has 1 aromatic heterocycles. The van der Waals surface area contributed by atoms with Crippen LogP contribution in [0, 0.1) is 0 Å². The Bertz CT molecular complexity index is 1030. The Hall–Kier alpha value is -3.35. The lowest BCUT2D eigenvalue weighted by Gasteiger charge is -2.07. The minimum atomic E-state index is -0.609. The molecule has 3 rings (SSSR count). The van der Waals surface area contributed by atoms with Gasteiger partial charge < -0.3 is 14.5 Å². The second-order valence-corrected chi connectivity index (χ2v) is 4.95. The third-order valence-corrected chi connectivity index (χ3v) is 3.54. The fourth-order valence-corrected chi connectivity index (χ4v) is 2.30. The van der Waals surface area contributed by atoms with Crippen molar-refractivity contribution in [2.24, 2.45) is 5.10 Å². The molecule has 0 radical (unpaired) electrons. The van der Waals surface area contributed by atoms with Gasteiger partial charge in [0.1, 0.15) is 11.5 Å². The number of rotatable bonds is 4. The minimum absolute atomic E-state index is 0.385. The van der Waals surface area contributed by atoms with E-state index in [-0.39, 0.29) is 0 Å². The number of para-hydroxylation sites is 1. The molecular weight excluding hydrogens is 310 g/mol. The van der Waals surface area contributed by atoms with Crippen LogP contribution < -0.4 is 20.7 Å². The van der Waals surface area contributed by atoms with Crippen LogP contribution >= 0.6 is 0 Å². The summed E-state index contributed by atoms with van der Waals surface area (Å²) in [5.41, 5.74) is -0.0146. The summed E-state index contributed by atoms with van der Waals surface area (Å²) in [4.78, 5) is 27.1. The monoisotopic (exact) mass is 325 g/mol. The number of H-pyrrole nitrogens is 1. The second-order valence-electron chi connectivity index (χ2n) is 4.95. The molecule has 0 bridgehead atoms. The number of aromatic amines is 1. The summed E-state index contributed by atoms with van der Waals surface area (Å²) in [6, 6.07) is 11.9. The van der Waals surface area contributed by atoms with Crippen molar-refractivity contribution in [2.75, 3.05) is 14.2 Å². The first-order valence-electron chi connectivity index (χ1n) is 7.14. The predicted octanol–water partition coefficient (Wildman–Crippen LogP) is 1.59. The Balaban J connectivity index is 2.09. The van der Waals surface area contributed by atoms with Gasteiger partial charge in [-0.1, -0.05) is 12.1 Å². The van der Waals surface area contributed by atoms with Gasteiger partial charge in [-0.2, -0.15) is 5.10 Å². The van der Waals surface area contributed by atoms with E-state index in [9.17, 15) is 9.59 Å². The zero-order chi connectivity index (χ0) is 17.1. The highest BCUT2D eigenvalue weighted by Gasteiger charge is 2.07. The Kier molecular flexibility index (Phi) is 4.15. The van der Waals surface area contributed by atoms with Crippen LogP contribution in [0.15, 0.2) is 57.2 Å². The molecule has 1 heterocycles. The van der Waals surface area contributed by atoms with Gasteiger partial charge in [0.15, 0.2) is 0 Å². The molecule has 3 aromatic rings. The van der Waals surface area contributed by atoms with Crippen molar-refractivity contribution >= 4 is 17.1 Å². The molecule has 0 saturated carbocycles. The highest BCUT2D eigenvalue weighted by Crippen LogP contribution is 2.23. The molecule has 0 atom stereocenters. The predicted molar refractivity (Wildman–Crippen MR) is 91.4 cm³/mol. The summed E-state index contributed by atoms with van der Waals surface area (Å²) >= 11 is 0. The van der Waals surface area contributed by atoms with E-state index in [4.69, 9.17) is 9.47 Å². The average molecular weight is 325 g/mol. The van der Waals surface area contributed by atoms with Crippen LogP contribution in [0.2, 0.25) is 0 Å². The Morgan fingerprint density at radius 1 is 1.08 bits per heavy atom. The maximum atomic E-state index is 12.4. The summed E-state index contributed by atoms with van der Waals surface area (Å²) in [6.45, 7) is 0. The first kappa shape index (κ1) is 15.5. The number of fused-ring (bicyclic) bond motifs is 1. The molecule has 0 spiro atoms. The molecule has 7 heteroatoms. The smallest absolute Gasteiger partial charge is 0.349 e. The quantitative estimate of drug-likeness (QED) is 0.738. The van der Waals surface area contributed by atoms with Crippen molar-refractivity contribution in [3.8, 4) is 11.5 Å². The van der Waals surface area contributed by atoms with E-state index in [2.05, 4.69) is 10.1 Å². The molecule has 0 fully saturated rings. The third-order valence-electron chi connectivity index (χ3n) is 3.54. The molecule has 1 N–H and O–H groups in total. The van der Waals surface area contributed by atoms with Crippen molar-refractivity contribution in [3.63, 3.8) is 0 Å². The molecule has 7 nitrogen and oxygen atoms in total. The fourth-order valence-electron chi connectivity index (χ4n) is 2.30. The molecular formula is C17H15N3O4. The number of aromatic nitrogens is 2. The SMILES string of the molecule is COc1ccc(C=Nn2c(=O)[nH]c3ccccc3c2=O)c(OC)c1. The van der Waals surface area contributed by atoms with Crippen LogP contribution in [0.1, 0.15) is 5.56 Å². The van der Waals surface area contributed by atoms with Gasteiger partial charge in [-0.15, -0.1) is 4.68 Å². The summed E-state index contributed by atoms with van der Waals surface area (Å²) in [6.07, 6.45) is 1.39. The van der Waals surface area contributed by atoms with Crippen molar-refractivity contribution in [1.29, 1.82) is 0 Å². The van der Waals surface area contributed by atoms with Crippen molar-refractivity contribution in [2.45, 2.75) is 0 Å². The summed E-state index contributed by atoms with van der Waals surface area (Å²) in [5, 5.41) is 4.39. The van der Waals surface area contributed by atoms with E-state index in [1.54, 1.807) is 49.6 Å². The minimum Gasteiger partial charge on any atom is -0.497 e. The van der Waals surface area contributed by atoms with Gasteiger partial charge in [-0.25, -0.2) is 4.79 Å². The van der Waals surface area contributed by atoms with Gasteiger partial charge in [0.25, 0.3) is 5.56 Å². The topological polar surface area (TPSA) is 85.7 Å². The van der Waals surface area contributed by atoms with Crippen LogP contribution in [0.3, 0.4) is 0 Å². The van der Waals surface area contributed by atoms with Crippen LogP contribution in [0.4, 0.5) is 0 Å². The van der Waals surface area contributed by atoms with Crippen LogP contribution in [0.25, 0.3) is 10.9 Å². The van der Waals surface area contributed by atoms with E-state index < -0.39 is 11.2 Å². The van der Waals surface area contributed by atoms with Crippen LogP contribution in [-0.2, 0) is 0 Å². The van der Waals surface area contributed by atoms with Gasteiger partial charge >= 0.3 is 5.69 Å². The standard InChI is InChI=1S/C17H15N3O4/c1-23-12-8-7-11(15(9-12)24-2)10-18-20-16(21)13-5-3-4-6-14(13)19-17(20)22/h3-10H,1-2H3,(H,19,22). The zero-order valence-electron chi connectivity index (χ0n) is 13.1. The Morgan fingerprint density at radius 3 is 2.62 bits per heavy atom. The van der Waals surface area contributed by atoms with Crippen LogP contribution in [-0.4, -0.2) is 30.1 Å². The molecule has 2 aromatic carbocycles. The van der Waals surface area contributed by atoms with Gasteiger partial charge in [0.2, 0.25) is 0 Å². The molecule has 122 valence electrons. The molecule has 24 heavy (non-hydrogen) atoms. The van der Waals surface area contributed by atoms with Crippen molar-refractivity contribution in [3.05, 3.63) is 68.9 Å². The number of nitrogens with zero attached hydrogens (tertiary/aromatic N) is 2. The summed E-state index contributed by atoms with van der Waals surface area (Å²) in [5.74, 6) is 1.15. The number of benzene rings is 2. The molecule has 0 aliphatic heterocycles. The first-order valence-corrected chi connectivity index (χ1v) is 7.14. The lowest BCUT2D eigenvalue weighted by molar-refractivity contribution is 0.394. The van der Waals surface area contributed by atoms with Gasteiger partial charge in [0, 0.05) is 11.6 Å². The largest absolute Gasteiger partial charge is 0.497 e. The normalized spacial score (nSPS) is 11.1. The maximum absolute atomic E-state index is 12.4. The highest BCUT2D eigenvalue weighted by atomic mass is 16.5. The van der Waals surface area contributed by atoms with Crippen molar-refractivity contribution < 1.29 is 9.47 Å².